The zero-order valence-corrected chi connectivity index (χ0v) is 18.5. The molecule has 1 saturated carbocycles. The third-order valence-electron chi connectivity index (χ3n) is 6.92. The van der Waals surface area contributed by atoms with E-state index in [2.05, 4.69) is 32.3 Å². The van der Waals surface area contributed by atoms with Crippen molar-refractivity contribution in [3.63, 3.8) is 0 Å². The minimum Gasteiger partial charge on any atom is -0.486 e. The summed E-state index contributed by atoms with van der Waals surface area (Å²) in [6.45, 7) is 4.14. The molecule has 1 aromatic carbocycles. The lowest BCUT2D eigenvalue weighted by Crippen LogP contribution is -2.30. The summed E-state index contributed by atoms with van der Waals surface area (Å²) in [5.74, 6) is 3.19. The van der Waals surface area contributed by atoms with Crippen molar-refractivity contribution in [3.05, 3.63) is 48.2 Å². The number of anilines is 1. The van der Waals surface area contributed by atoms with Gasteiger partial charge in [0.15, 0.2) is 11.5 Å². The molecule has 1 unspecified atom stereocenters. The van der Waals surface area contributed by atoms with Crippen LogP contribution in [0.25, 0.3) is 11.0 Å². The highest BCUT2D eigenvalue weighted by Crippen LogP contribution is 2.52. The molecule has 4 heterocycles. The summed E-state index contributed by atoms with van der Waals surface area (Å²) in [7, 11) is 1.58. The van der Waals surface area contributed by atoms with Gasteiger partial charge in [0.2, 0.25) is 11.8 Å². The van der Waals surface area contributed by atoms with Crippen molar-refractivity contribution in [2.75, 3.05) is 45.3 Å². The molecule has 1 saturated heterocycles. The van der Waals surface area contributed by atoms with Gasteiger partial charge in [-0.1, -0.05) is 6.07 Å². The summed E-state index contributed by atoms with van der Waals surface area (Å²) >= 11 is 0. The van der Waals surface area contributed by atoms with Crippen LogP contribution in [-0.4, -0.2) is 60.7 Å². The highest BCUT2D eigenvalue weighted by Gasteiger charge is 2.59. The highest BCUT2D eigenvalue weighted by molar-refractivity contribution is 6.01. The molecule has 8 heteroatoms. The normalized spacial score (nSPS) is 23.2. The van der Waals surface area contributed by atoms with E-state index in [9.17, 15) is 4.79 Å². The molecule has 2 aliphatic heterocycles. The molecule has 8 nitrogen and oxygen atoms in total. The molecular weight excluding hydrogens is 420 g/mol. The van der Waals surface area contributed by atoms with Gasteiger partial charge >= 0.3 is 0 Å². The molecule has 0 radical (unpaired) electrons. The predicted octanol–water partition coefficient (Wildman–Crippen LogP) is 2.77. The Kier molecular flexibility index (Phi) is 5.02. The molecule has 0 bridgehead atoms. The number of hydrogen-bond acceptors (Lipinski definition) is 7. The van der Waals surface area contributed by atoms with Gasteiger partial charge in [0.25, 0.3) is 0 Å². The monoisotopic (exact) mass is 446 g/mol. The molecule has 1 aliphatic carbocycles. The number of likely N-dealkylation sites (tertiary alicyclic amines) is 1. The maximum atomic E-state index is 13.0. The van der Waals surface area contributed by atoms with Crippen LogP contribution < -0.4 is 19.5 Å². The van der Waals surface area contributed by atoms with E-state index >= 15 is 0 Å². The van der Waals surface area contributed by atoms with E-state index in [1.807, 2.05) is 12.1 Å². The number of carbonyl (C=O) groups is 1. The maximum Gasteiger partial charge on any atom is 0.228 e. The fourth-order valence-electron chi connectivity index (χ4n) is 5.15. The largest absolute Gasteiger partial charge is 0.486 e. The van der Waals surface area contributed by atoms with Crippen molar-refractivity contribution < 1.29 is 19.0 Å². The summed E-state index contributed by atoms with van der Waals surface area (Å²) in [4.78, 5) is 24.2. The number of nitrogens with zero attached hydrogens (tertiary/aromatic N) is 3. The van der Waals surface area contributed by atoms with Crippen LogP contribution in [0.5, 0.6) is 17.4 Å². The Bertz CT molecular complexity index is 1200. The van der Waals surface area contributed by atoms with Gasteiger partial charge in [-0.3, -0.25) is 9.78 Å². The Balaban J connectivity index is 1.04. The number of amides is 1. The second-order valence-electron chi connectivity index (χ2n) is 8.91. The van der Waals surface area contributed by atoms with Crippen LogP contribution in [-0.2, 0) is 11.2 Å². The molecule has 1 N–H and O–H groups in total. The molecule has 170 valence electrons. The fraction of sp³-hybridized carbons (Fsp3) is 0.400. The molecule has 3 aromatic rings. The van der Waals surface area contributed by atoms with Crippen molar-refractivity contribution in [1.82, 2.24) is 14.9 Å². The van der Waals surface area contributed by atoms with Crippen LogP contribution in [0.4, 0.5) is 5.69 Å². The predicted molar refractivity (Wildman–Crippen MR) is 123 cm³/mol. The van der Waals surface area contributed by atoms with Crippen molar-refractivity contribution in [2.45, 2.75) is 6.42 Å². The van der Waals surface area contributed by atoms with Gasteiger partial charge in [-0.05, 0) is 48.1 Å². The third-order valence-corrected chi connectivity index (χ3v) is 6.92. The van der Waals surface area contributed by atoms with Gasteiger partial charge in [-0.15, -0.1) is 0 Å². The van der Waals surface area contributed by atoms with Crippen molar-refractivity contribution in [1.29, 1.82) is 0 Å². The minimum atomic E-state index is 0.0735. The summed E-state index contributed by atoms with van der Waals surface area (Å²) in [5.41, 5.74) is 3.32. The first-order valence-electron chi connectivity index (χ1n) is 11.4. The summed E-state index contributed by atoms with van der Waals surface area (Å²) < 4.78 is 16.5. The second-order valence-corrected chi connectivity index (χ2v) is 8.91. The standard InChI is InChI=1S/C25H26N4O4/c1-31-22-5-3-18-24(28-22)19(6-8-26-18)27-25(30)23-16-13-29(14-17(16)23)9-7-15-2-4-20-21(12-15)33-11-10-32-20/h2-6,8,12,16-17,23H,7,9-11,13-14H2,1H3,(H,26,27,30)/t16-,17+,23?. The lowest BCUT2D eigenvalue weighted by atomic mass is 10.1. The van der Waals surface area contributed by atoms with Crippen LogP contribution in [0.1, 0.15) is 5.56 Å². The molecule has 2 aromatic heterocycles. The lowest BCUT2D eigenvalue weighted by Gasteiger charge is -2.21. The molecule has 6 rings (SSSR count). The number of carbonyl (C=O) groups excluding carboxylic acids is 1. The van der Waals surface area contributed by atoms with Crippen molar-refractivity contribution in [3.8, 4) is 17.4 Å². The Morgan fingerprint density at radius 1 is 1.12 bits per heavy atom. The number of pyridine rings is 2. The fourth-order valence-corrected chi connectivity index (χ4v) is 5.15. The van der Waals surface area contributed by atoms with E-state index in [-0.39, 0.29) is 11.8 Å². The minimum absolute atomic E-state index is 0.0735. The van der Waals surface area contributed by atoms with E-state index in [4.69, 9.17) is 14.2 Å². The van der Waals surface area contributed by atoms with Crippen LogP contribution in [0.2, 0.25) is 0 Å². The second kappa shape index (κ2) is 8.19. The zero-order valence-electron chi connectivity index (χ0n) is 18.5. The van der Waals surface area contributed by atoms with Crippen molar-refractivity contribution in [2.24, 2.45) is 17.8 Å². The van der Waals surface area contributed by atoms with Gasteiger partial charge in [0, 0.05) is 37.8 Å². The number of aromatic nitrogens is 2. The average Bonchev–Trinajstić information content (AvgIpc) is 3.37. The molecule has 1 amide bonds. The van der Waals surface area contributed by atoms with Gasteiger partial charge in [0.1, 0.15) is 18.7 Å². The molecule has 33 heavy (non-hydrogen) atoms. The topological polar surface area (TPSA) is 85.8 Å². The summed E-state index contributed by atoms with van der Waals surface area (Å²) in [6, 6.07) is 11.6. The Morgan fingerprint density at radius 2 is 1.94 bits per heavy atom. The first kappa shape index (κ1) is 20.2. The number of benzene rings is 1. The quantitative estimate of drug-likeness (QED) is 0.623. The van der Waals surface area contributed by atoms with Crippen LogP contribution >= 0.6 is 0 Å². The van der Waals surface area contributed by atoms with E-state index in [0.717, 1.165) is 43.1 Å². The van der Waals surface area contributed by atoms with Crippen LogP contribution in [0.3, 0.4) is 0 Å². The Hall–Kier alpha value is -3.39. The highest BCUT2D eigenvalue weighted by atomic mass is 16.6. The Labute approximate surface area is 191 Å². The van der Waals surface area contributed by atoms with Crippen LogP contribution in [0, 0.1) is 17.8 Å². The smallest absolute Gasteiger partial charge is 0.228 e. The Morgan fingerprint density at radius 3 is 2.76 bits per heavy atom. The van der Waals surface area contributed by atoms with Crippen molar-refractivity contribution >= 4 is 22.6 Å². The van der Waals surface area contributed by atoms with Gasteiger partial charge in [-0.2, -0.15) is 0 Å². The molecule has 3 aliphatic rings. The van der Waals surface area contributed by atoms with E-state index in [1.54, 1.807) is 25.4 Å². The molecule has 3 atom stereocenters. The van der Waals surface area contributed by atoms with Gasteiger partial charge in [-0.25, -0.2) is 4.98 Å². The molecular formula is C25H26N4O4. The number of nitrogens with one attached hydrogen (secondary N) is 1. The first-order chi connectivity index (χ1) is 16.2. The van der Waals surface area contributed by atoms with Gasteiger partial charge in [0.05, 0.1) is 18.3 Å². The molecule has 2 fully saturated rings. The van der Waals surface area contributed by atoms with Gasteiger partial charge < -0.3 is 24.4 Å². The number of ether oxygens (including phenoxy) is 3. The van der Waals surface area contributed by atoms with E-state index < -0.39 is 0 Å². The number of rotatable bonds is 6. The van der Waals surface area contributed by atoms with E-state index in [0.29, 0.717) is 42.1 Å². The van der Waals surface area contributed by atoms with E-state index in [1.165, 1.54) is 5.56 Å². The number of fused-ring (bicyclic) bond motifs is 3. The molecule has 0 spiro atoms. The van der Waals surface area contributed by atoms with Crippen LogP contribution in [0.15, 0.2) is 42.6 Å². The maximum absolute atomic E-state index is 13.0. The zero-order chi connectivity index (χ0) is 22.4. The SMILES string of the molecule is COc1ccc2nccc(NC(=O)C3[C@H]4CN(CCc5ccc6c(c5)OCCO6)C[C@@H]34)c2n1. The lowest BCUT2D eigenvalue weighted by molar-refractivity contribution is -0.118. The summed E-state index contributed by atoms with van der Waals surface area (Å²) in [6.07, 6.45) is 2.66. The summed E-state index contributed by atoms with van der Waals surface area (Å²) in [5, 5.41) is 3.09. The number of hydrogen-bond donors (Lipinski definition) is 1. The number of methoxy groups -OCH3 is 1. The average molecular weight is 447 g/mol. The first-order valence-corrected chi connectivity index (χ1v) is 11.4. The third kappa shape index (κ3) is 3.84. The number of piperidine rings is 1.